The molecule has 0 aromatic heterocycles. The lowest BCUT2D eigenvalue weighted by molar-refractivity contribution is -0.164. The third kappa shape index (κ3) is 5.45. The zero-order valence-corrected chi connectivity index (χ0v) is 21.5. The number of hydrogen-bond donors (Lipinski definition) is 2. The van der Waals surface area contributed by atoms with Crippen LogP contribution in [0.1, 0.15) is 120 Å². The number of carbonyl (C=O) groups is 2. The van der Waals surface area contributed by atoms with Gasteiger partial charge in [-0.25, -0.2) is 0 Å². The molecule has 8 atom stereocenters. The molecule has 4 aliphatic carbocycles. The molecule has 4 saturated carbocycles. The summed E-state index contributed by atoms with van der Waals surface area (Å²) in [6.45, 7) is 13.7. The van der Waals surface area contributed by atoms with E-state index in [4.69, 9.17) is 0 Å². The second-order valence-corrected chi connectivity index (χ2v) is 13.2. The zero-order valence-electron chi connectivity index (χ0n) is 21.5. The molecule has 1 unspecified atom stereocenters. The fourth-order valence-electron chi connectivity index (χ4n) is 7.88. The van der Waals surface area contributed by atoms with E-state index in [1.165, 1.54) is 0 Å². The Labute approximate surface area is 203 Å². The molecule has 0 radical (unpaired) electrons. The highest BCUT2D eigenvalue weighted by Crippen LogP contribution is 2.57. The van der Waals surface area contributed by atoms with Crippen molar-refractivity contribution in [2.24, 2.45) is 51.8 Å². The average molecular weight is 465 g/mol. The minimum absolute atomic E-state index is 0. The Morgan fingerprint density at radius 2 is 1.24 bits per heavy atom. The molecule has 2 N–H and O–H groups in total. The highest BCUT2D eigenvalue weighted by atomic mass is 16.4. The van der Waals surface area contributed by atoms with Gasteiger partial charge in [0.1, 0.15) is 0 Å². The summed E-state index contributed by atoms with van der Waals surface area (Å²) < 4.78 is 0. The normalized spacial score (nSPS) is 44.1. The topological polar surface area (TPSA) is 74.6 Å². The predicted octanol–water partition coefficient (Wildman–Crippen LogP) is 7.90. The molecule has 0 aliphatic heterocycles. The van der Waals surface area contributed by atoms with E-state index in [0.717, 1.165) is 70.6 Å². The van der Waals surface area contributed by atoms with Crippen molar-refractivity contribution in [2.45, 2.75) is 120 Å². The quantitative estimate of drug-likeness (QED) is 0.435. The Bertz CT molecular complexity index is 696. The third-order valence-electron chi connectivity index (χ3n) is 10.5. The van der Waals surface area contributed by atoms with Gasteiger partial charge < -0.3 is 10.2 Å². The fraction of sp³-hybridized carbons (Fsp3) is 0.931. The van der Waals surface area contributed by atoms with Crippen molar-refractivity contribution in [1.29, 1.82) is 0 Å². The van der Waals surface area contributed by atoms with E-state index >= 15 is 0 Å². The van der Waals surface area contributed by atoms with Gasteiger partial charge in [-0.05, 0) is 112 Å². The van der Waals surface area contributed by atoms with Crippen LogP contribution in [0.5, 0.6) is 0 Å². The number of carboxylic acids is 2. The van der Waals surface area contributed by atoms with Crippen LogP contribution in [-0.2, 0) is 9.59 Å². The lowest BCUT2D eigenvalue weighted by Crippen LogP contribution is -2.49. The molecular weight excluding hydrogens is 412 g/mol. The lowest BCUT2D eigenvalue weighted by Gasteiger charge is -2.51. The van der Waals surface area contributed by atoms with Gasteiger partial charge in [-0.2, -0.15) is 0 Å². The minimum Gasteiger partial charge on any atom is -0.481 e. The largest absolute Gasteiger partial charge is 0.481 e. The summed E-state index contributed by atoms with van der Waals surface area (Å²) in [6, 6.07) is 0. The average Bonchev–Trinajstić information content (AvgIpc) is 2.71. The molecule has 0 saturated heterocycles. The van der Waals surface area contributed by atoms with Crippen molar-refractivity contribution >= 4 is 11.9 Å². The monoisotopic (exact) mass is 464 g/mol. The molecule has 0 spiro atoms. The number of fused-ring (bicyclic) bond motifs is 2. The zero-order chi connectivity index (χ0) is 23.9. The first-order chi connectivity index (χ1) is 14.8. The van der Waals surface area contributed by atoms with Gasteiger partial charge in [-0.3, -0.25) is 9.59 Å². The van der Waals surface area contributed by atoms with E-state index in [2.05, 4.69) is 41.5 Å². The van der Waals surface area contributed by atoms with Crippen molar-refractivity contribution in [3.8, 4) is 0 Å². The molecular formula is C29H52O4. The van der Waals surface area contributed by atoms with Gasteiger partial charge in [0.25, 0.3) is 0 Å². The van der Waals surface area contributed by atoms with Crippen LogP contribution in [0, 0.1) is 51.8 Å². The lowest BCUT2D eigenvalue weighted by atomic mass is 9.52. The second kappa shape index (κ2) is 10.3. The van der Waals surface area contributed by atoms with Gasteiger partial charge in [0.15, 0.2) is 0 Å². The summed E-state index contributed by atoms with van der Waals surface area (Å²) in [6.07, 6.45) is 11.3. The molecule has 4 aliphatic rings. The van der Waals surface area contributed by atoms with Crippen LogP contribution < -0.4 is 0 Å². The van der Waals surface area contributed by atoms with E-state index in [0.29, 0.717) is 40.9 Å². The Kier molecular flexibility index (Phi) is 8.78. The first-order valence-electron chi connectivity index (χ1n) is 13.3. The maximum atomic E-state index is 11.7. The van der Waals surface area contributed by atoms with Crippen molar-refractivity contribution in [1.82, 2.24) is 0 Å². The molecule has 4 nitrogen and oxygen atoms in total. The molecule has 0 aromatic rings. The van der Waals surface area contributed by atoms with E-state index in [9.17, 15) is 19.8 Å². The highest BCUT2D eigenvalue weighted by molar-refractivity contribution is 5.76. The molecule has 4 fully saturated rings. The number of carboxylic acid groups (broad SMARTS) is 2. The summed E-state index contributed by atoms with van der Waals surface area (Å²) >= 11 is 0. The first-order valence-corrected chi connectivity index (χ1v) is 13.3. The number of hydrogen-bond acceptors (Lipinski definition) is 2. The molecule has 192 valence electrons. The maximum Gasteiger partial charge on any atom is 0.309 e. The maximum absolute atomic E-state index is 11.7. The van der Waals surface area contributed by atoms with Crippen LogP contribution in [0.15, 0.2) is 0 Å². The Balaban J connectivity index is 0.000000227. The van der Waals surface area contributed by atoms with E-state index in [1.54, 1.807) is 0 Å². The van der Waals surface area contributed by atoms with E-state index in [1.807, 2.05) is 0 Å². The summed E-state index contributed by atoms with van der Waals surface area (Å²) in [5.74, 6) is 2.48. The Morgan fingerprint density at radius 3 is 1.82 bits per heavy atom. The van der Waals surface area contributed by atoms with Crippen molar-refractivity contribution in [3.05, 3.63) is 0 Å². The van der Waals surface area contributed by atoms with Crippen molar-refractivity contribution < 1.29 is 19.8 Å². The molecule has 0 amide bonds. The number of aliphatic carboxylic acids is 2. The van der Waals surface area contributed by atoms with Gasteiger partial charge >= 0.3 is 11.9 Å². The van der Waals surface area contributed by atoms with Gasteiger partial charge in [-0.1, -0.05) is 49.0 Å². The smallest absolute Gasteiger partial charge is 0.309 e. The Morgan fingerprint density at radius 1 is 0.727 bits per heavy atom. The molecule has 33 heavy (non-hydrogen) atoms. The van der Waals surface area contributed by atoms with Gasteiger partial charge in [0.05, 0.1) is 10.8 Å². The van der Waals surface area contributed by atoms with Crippen molar-refractivity contribution in [3.63, 3.8) is 0 Å². The number of rotatable bonds is 2. The Hall–Kier alpha value is -1.06. The first kappa shape index (κ1) is 28.2. The van der Waals surface area contributed by atoms with E-state index < -0.39 is 11.9 Å². The molecule has 0 bridgehead atoms. The SMILES string of the molecule is C.CC1CC[C@]2(C(=O)O)CC[C@H](C)C[C@@H]2[C@H]1C.C[C@H]1CC[C@@]2(C(=O)O)CCC(C)(C)C[C@H]2C1. The highest BCUT2D eigenvalue weighted by Gasteiger charge is 2.54. The fourth-order valence-corrected chi connectivity index (χ4v) is 7.88. The van der Waals surface area contributed by atoms with Crippen molar-refractivity contribution in [2.75, 3.05) is 0 Å². The second-order valence-electron chi connectivity index (χ2n) is 13.2. The van der Waals surface area contributed by atoms with Crippen LogP contribution in [0.4, 0.5) is 0 Å². The summed E-state index contributed by atoms with van der Waals surface area (Å²) in [5.41, 5.74) is -0.402. The molecule has 0 aromatic carbocycles. The summed E-state index contributed by atoms with van der Waals surface area (Å²) in [4.78, 5) is 23.3. The van der Waals surface area contributed by atoms with Crippen LogP contribution in [-0.4, -0.2) is 22.2 Å². The molecule has 4 heteroatoms. The predicted molar refractivity (Wildman–Crippen MR) is 135 cm³/mol. The van der Waals surface area contributed by atoms with Crippen LogP contribution in [0.2, 0.25) is 0 Å². The van der Waals surface area contributed by atoms with Gasteiger partial charge in [-0.15, -0.1) is 0 Å². The molecule has 4 rings (SSSR count). The summed E-state index contributed by atoms with van der Waals surface area (Å²) in [5, 5.41) is 19.2. The molecule has 0 heterocycles. The third-order valence-corrected chi connectivity index (χ3v) is 10.5. The van der Waals surface area contributed by atoms with Gasteiger partial charge in [0, 0.05) is 0 Å². The minimum atomic E-state index is -0.528. The van der Waals surface area contributed by atoms with Crippen LogP contribution >= 0.6 is 0 Å². The standard InChI is InChI=1S/2C14H24O2.CH4/c1-9-4-6-14(13(15)16)7-5-10(2)11(3)12(14)8-9;1-10-4-5-14(12(15)16)7-6-13(2,3)9-11(14)8-10;/h9-12H,4-8H2,1-3H3,(H,15,16);10-11H,4-9H2,1-3H3,(H,15,16);1H4/t9-,10?,11-,12+,14+;10-,11+,14+;/m00./s1. The van der Waals surface area contributed by atoms with Gasteiger partial charge in [0.2, 0.25) is 0 Å². The van der Waals surface area contributed by atoms with Crippen LogP contribution in [0.3, 0.4) is 0 Å². The van der Waals surface area contributed by atoms with E-state index in [-0.39, 0.29) is 18.3 Å². The van der Waals surface area contributed by atoms with Crippen LogP contribution in [0.25, 0.3) is 0 Å². The summed E-state index contributed by atoms with van der Waals surface area (Å²) in [7, 11) is 0.